The summed E-state index contributed by atoms with van der Waals surface area (Å²) in [5, 5.41) is 9.46. The summed E-state index contributed by atoms with van der Waals surface area (Å²) < 4.78 is 38.4. The third-order valence-corrected chi connectivity index (χ3v) is 6.17. The molecular formula is C22H21NO6S. The molecule has 30 heavy (non-hydrogen) atoms. The van der Waals surface area contributed by atoms with Crippen LogP contribution in [-0.4, -0.2) is 33.7 Å². The number of ether oxygens (including phenoxy) is 2. The zero-order valence-electron chi connectivity index (χ0n) is 16.5. The average molecular weight is 427 g/mol. The van der Waals surface area contributed by atoms with Gasteiger partial charge in [-0.3, -0.25) is 4.79 Å². The van der Waals surface area contributed by atoms with Crippen LogP contribution in [0.5, 0.6) is 11.5 Å². The molecule has 0 atom stereocenters. The van der Waals surface area contributed by atoms with Crippen LogP contribution in [0.25, 0.3) is 0 Å². The van der Waals surface area contributed by atoms with Gasteiger partial charge < -0.3 is 14.6 Å². The molecule has 7 nitrogen and oxygen atoms in total. The molecule has 0 aromatic heterocycles. The topological polar surface area (TPSA) is 93.1 Å². The van der Waals surface area contributed by atoms with Crippen molar-refractivity contribution >= 4 is 21.6 Å². The van der Waals surface area contributed by atoms with Gasteiger partial charge in [0.25, 0.3) is 15.9 Å². The zero-order chi connectivity index (χ0) is 21.7. The minimum Gasteiger partial charge on any atom is -0.497 e. The molecular weight excluding hydrogens is 406 g/mol. The first kappa shape index (κ1) is 21.4. The van der Waals surface area contributed by atoms with E-state index in [1.165, 1.54) is 50.6 Å². The van der Waals surface area contributed by atoms with E-state index >= 15 is 0 Å². The van der Waals surface area contributed by atoms with Crippen LogP contribution in [-0.2, 0) is 16.6 Å². The van der Waals surface area contributed by atoms with E-state index in [2.05, 4.69) is 0 Å². The van der Waals surface area contributed by atoms with Crippen LogP contribution < -0.4 is 13.8 Å². The van der Waals surface area contributed by atoms with Gasteiger partial charge in [-0.05, 0) is 54.1 Å². The van der Waals surface area contributed by atoms with Crippen LogP contribution in [0.15, 0.2) is 77.7 Å². The third kappa shape index (κ3) is 4.14. The number of sulfonamides is 1. The molecule has 0 aliphatic rings. The van der Waals surface area contributed by atoms with E-state index in [0.29, 0.717) is 11.3 Å². The lowest BCUT2D eigenvalue weighted by molar-refractivity contribution is 0.101. The first-order valence-corrected chi connectivity index (χ1v) is 10.4. The van der Waals surface area contributed by atoms with Crippen molar-refractivity contribution in [3.8, 4) is 11.5 Å². The summed E-state index contributed by atoms with van der Waals surface area (Å²) in [6, 6.07) is 18.5. The average Bonchev–Trinajstić information content (AvgIpc) is 2.79. The third-order valence-electron chi connectivity index (χ3n) is 4.44. The second kappa shape index (κ2) is 8.98. The highest BCUT2D eigenvalue weighted by Crippen LogP contribution is 2.33. The van der Waals surface area contributed by atoms with Crippen molar-refractivity contribution in [2.45, 2.75) is 11.5 Å². The Morgan fingerprint density at radius 3 is 2.17 bits per heavy atom. The molecule has 0 aliphatic heterocycles. The first-order valence-electron chi connectivity index (χ1n) is 8.99. The summed E-state index contributed by atoms with van der Waals surface area (Å²) in [7, 11) is -1.56. The second-order valence-corrected chi connectivity index (χ2v) is 8.04. The smallest absolute Gasteiger partial charge is 0.274 e. The molecule has 0 saturated carbocycles. The van der Waals surface area contributed by atoms with Gasteiger partial charge in [-0.25, -0.2) is 8.42 Å². The Bertz CT molecular complexity index is 1130. The van der Waals surface area contributed by atoms with Crippen molar-refractivity contribution in [3.05, 3.63) is 83.9 Å². The van der Waals surface area contributed by atoms with Crippen LogP contribution in [0, 0.1) is 0 Å². The highest BCUT2D eigenvalue weighted by molar-refractivity contribution is 7.93. The molecule has 0 radical (unpaired) electrons. The summed E-state index contributed by atoms with van der Waals surface area (Å²) >= 11 is 0. The molecule has 1 N–H and O–H groups in total. The Kier molecular flexibility index (Phi) is 6.39. The Morgan fingerprint density at radius 2 is 1.60 bits per heavy atom. The lowest BCUT2D eigenvalue weighted by Gasteiger charge is -2.24. The maximum Gasteiger partial charge on any atom is 0.274 e. The Morgan fingerprint density at radius 1 is 0.933 bits per heavy atom. The van der Waals surface area contributed by atoms with E-state index in [9.17, 15) is 18.3 Å². The van der Waals surface area contributed by atoms with Gasteiger partial charge in [-0.2, -0.15) is 4.31 Å². The molecule has 8 heteroatoms. The van der Waals surface area contributed by atoms with Crippen LogP contribution in [0.4, 0.5) is 5.69 Å². The van der Waals surface area contributed by atoms with Crippen molar-refractivity contribution in [2.24, 2.45) is 0 Å². The molecule has 3 rings (SSSR count). The molecule has 0 spiro atoms. The van der Waals surface area contributed by atoms with Gasteiger partial charge in [-0.1, -0.05) is 24.3 Å². The summed E-state index contributed by atoms with van der Waals surface area (Å²) in [4.78, 5) is 13.1. The summed E-state index contributed by atoms with van der Waals surface area (Å²) in [5.74, 6) is -0.146. The molecule has 3 aromatic rings. The highest BCUT2D eigenvalue weighted by Gasteiger charge is 2.34. The van der Waals surface area contributed by atoms with E-state index in [4.69, 9.17) is 9.47 Å². The molecule has 0 aliphatic carbocycles. The van der Waals surface area contributed by atoms with Crippen LogP contribution in [0.3, 0.4) is 0 Å². The lowest BCUT2D eigenvalue weighted by Crippen LogP contribution is -2.37. The van der Waals surface area contributed by atoms with Crippen molar-refractivity contribution < 1.29 is 27.8 Å². The molecule has 3 aromatic carbocycles. The summed E-state index contributed by atoms with van der Waals surface area (Å²) in [6.07, 6.45) is 0. The van der Waals surface area contributed by atoms with Crippen molar-refractivity contribution in [3.63, 3.8) is 0 Å². The molecule has 0 bridgehead atoms. The number of aliphatic hydroxyl groups excluding tert-OH is 1. The number of amides is 1. The molecule has 0 heterocycles. The number of hydrogen-bond acceptors (Lipinski definition) is 6. The van der Waals surface area contributed by atoms with Gasteiger partial charge >= 0.3 is 0 Å². The second-order valence-electron chi connectivity index (χ2n) is 6.28. The number of nitrogens with zero attached hydrogens (tertiary/aromatic N) is 1. The molecule has 0 fully saturated rings. The van der Waals surface area contributed by atoms with Gasteiger partial charge in [0.15, 0.2) is 0 Å². The van der Waals surface area contributed by atoms with Gasteiger partial charge in [0.05, 0.1) is 26.5 Å². The molecule has 0 saturated heterocycles. The van der Waals surface area contributed by atoms with Gasteiger partial charge in [-0.15, -0.1) is 0 Å². The number of carbonyl (C=O) groups excluding carboxylic acids is 1. The number of benzene rings is 3. The summed E-state index contributed by atoms with van der Waals surface area (Å²) in [5.41, 5.74) is 0.714. The molecule has 1 amide bonds. The first-order chi connectivity index (χ1) is 14.4. The normalized spacial score (nSPS) is 11.0. The van der Waals surface area contributed by atoms with Gasteiger partial charge in [0.1, 0.15) is 16.4 Å². The predicted octanol–water partition coefficient (Wildman–Crippen LogP) is 3.23. The van der Waals surface area contributed by atoms with Crippen LogP contribution >= 0.6 is 0 Å². The van der Waals surface area contributed by atoms with Crippen molar-refractivity contribution in [2.75, 3.05) is 18.5 Å². The standard InChI is InChI=1S/C22H21NO6S/c1-28-19-11-9-18(10-12-19)23(22(25)17-6-4-3-5-7-17)30(26,27)21-14-16(15-24)8-13-20(21)29-2/h3-14,24H,15H2,1-2H3. The highest BCUT2D eigenvalue weighted by atomic mass is 32.2. The fourth-order valence-electron chi connectivity index (χ4n) is 2.90. The number of aliphatic hydroxyl groups is 1. The van der Waals surface area contributed by atoms with E-state index in [-0.39, 0.29) is 28.5 Å². The Labute approximate surface area is 175 Å². The van der Waals surface area contributed by atoms with Gasteiger partial charge in [0, 0.05) is 5.56 Å². The van der Waals surface area contributed by atoms with Crippen molar-refractivity contribution in [1.29, 1.82) is 0 Å². The largest absolute Gasteiger partial charge is 0.497 e. The fraction of sp³-hybridized carbons (Fsp3) is 0.136. The van der Waals surface area contributed by atoms with Crippen LogP contribution in [0.2, 0.25) is 0 Å². The minimum absolute atomic E-state index is 0.0616. The Hall–Kier alpha value is -3.36. The maximum atomic E-state index is 13.7. The summed E-state index contributed by atoms with van der Waals surface area (Å²) in [6.45, 7) is -0.359. The maximum absolute atomic E-state index is 13.7. The number of anilines is 1. The minimum atomic E-state index is -4.39. The number of carbonyl (C=O) groups is 1. The SMILES string of the molecule is COc1ccc(N(C(=O)c2ccccc2)S(=O)(=O)c2cc(CO)ccc2OC)cc1. The van der Waals surface area contributed by atoms with E-state index in [0.717, 1.165) is 4.31 Å². The number of hydrogen-bond donors (Lipinski definition) is 1. The molecule has 0 unspecified atom stereocenters. The van der Waals surface area contributed by atoms with E-state index < -0.39 is 15.9 Å². The quantitative estimate of drug-likeness (QED) is 0.622. The lowest BCUT2D eigenvalue weighted by atomic mass is 10.2. The zero-order valence-corrected chi connectivity index (χ0v) is 17.3. The number of rotatable bonds is 7. The Balaban J connectivity index is 2.22. The van der Waals surface area contributed by atoms with Crippen LogP contribution in [0.1, 0.15) is 15.9 Å². The van der Waals surface area contributed by atoms with Gasteiger partial charge in [0.2, 0.25) is 0 Å². The predicted molar refractivity (Wildman–Crippen MR) is 112 cm³/mol. The number of methoxy groups -OCH3 is 2. The van der Waals surface area contributed by atoms with E-state index in [1.807, 2.05) is 0 Å². The van der Waals surface area contributed by atoms with E-state index in [1.54, 1.807) is 36.4 Å². The fourth-order valence-corrected chi connectivity index (χ4v) is 4.53. The van der Waals surface area contributed by atoms with Crippen molar-refractivity contribution in [1.82, 2.24) is 0 Å². The monoisotopic (exact) mass is 427 g/mol. The molecule has 156 valence electrons.